The SMILES string of the molecule is COc1ccccc1C1CNCCN1n1nc(-c2ccccc2)n(C2COC(Cn3cncn3)(c3ccc(F)cc3F)C2)c1=O. The highest BCUT2D eigenvalue weighted by molar-refractivity contribution is 5.55. The van der Waals surface area contributed by atoms with E-state index in [1.54, 1.807) is 16.4 Å². The summed E-state index contributed by atoms with van der Waals surface area (Å²) in [7, 11) is 1.63. The van der Waals surface area contributed by atoms with Crippen LogP contribution in [0.25, 0.3) is 11.4 Å². The lowest BCUT2D eigenvalue weighted by atomic mass is 9.88. The lowest BCUT2D eigenvalue weighted by molar-refractivity contribution is -0.0203. The molecular formula is C32H32F2N8O3. The molecule has 7 rings (SSSR count). The van der Waals surface area contributed by atoms with Crippen molar-refractivity contribution in [1.82, 2.24) is 34.5 Å². The van der Waals surface area contributed by atoms with Gasteiger partial charge in [-0.1, -0.05) is 54.6 Å². The molecule has 5 aromatic rings. The summed E-state index contributed by atoms with van der Waals surface area (Å²) in [5.74, 6) is -0.244. The van der Waals surface area contributed by atoms with E-state index in [9.17, 15) is 9.18 Å². The van der Waals surface area contributed by atoms with E-state index in [4.69, 9.17) is 14.6 Å². The molecule has 3 aromatic carbocycles. The average Bonchev–Trinajstić information content (AvgIpc) is 3.81. The Labute approximate surface area is 257 Å². The maximum Gasteiger partial charge on any atom is 0.366 e. The standard InChI is InChI=1S/C32H32F2N8O3/c1-44-29-10-6-5-9-25(29)28-17-35-13-14-40(28)42-31(43)41(30(38-42)22-7-3-2-4-8-22)24-16-32(45-18-24,19-39-21-36-20-37-39)26-12-11-23(33)15-27(26)34/h2-12,15,20-21,24,28,35H,13-14,16-19H2,1H3. The molecule has 4 heterocycles. The summed E-state index contributed by atoms with van der Waals surface area (Å²) in [6.07, 6.45) is 3.11. The van der Waals surface area contributed by atoms with Crippen molar-refractivity contribution >= 4 is 0 Å². The van der Waals surface area contributed by atoms with Crippen LogP contribution in [0.15, 0.2) is 90.2 Å². The largest absolute Gasteiger partial charge is 0.496 e. The van der Waals surface area contributed by atoms with E-state index in [1.807, 2.05) is 59.6 Å². The number of hydrogen-bond acceptors (Lipinski definition) is 8. The van der Waals surface area contributed by atoms with Crippen molar-refractivity contribution in [3.63, 3.8) is 0 Å². The van der Waals surface area contributed by atoms with Gasteiger partial charge in [-0.25, -0.2) is 23.2 Å². The lowest BCUT2D eigenvalue weighted by Gasteiger charge is -2.37. The number of methoxy groups -OCH3 is 1. The smallest absolute Gasteiger partial charge is 0.366 e. The van der Waals surface area contributed by atoms with Crippen molar-refractivity contribution in [1.29, 1.82) is 0 Å². The van der Waals surface area contributed by atoms with Crippen LogP contribution in [-0.2, 0) is 16.9 Å². The van der Waals surface area contributed by atoms with Crippen LogP contribution < -0.4 is 20.8 Å². The number of ether oxygens (including phenoxy) is 2. The maximum atomic E-state index is 15.4. The zero-order valence-electron chi connectivity index (χ0n) is 24.6. The number of nitrogens with one attached hydrogen (secondary N) is 1. The van der Waals surface area contributed by atoms with Gasteiger partial charge >= 0.3 is 5.69 Å². The minimum absolute atomic E-state index is 0.0917. The lowest BCUT2D eigenvalue weighted by Crippen LogP contribution is -2.55. The highest BCUT2D eigenvalue weighted by Crippen LogP contribution is 2.44. The summed E-state index contributed by atoms with van der Waals surface area (Å²) in [6, 6.07) is 19.9. The second-order valence-electron chi connectivity index (χ2n) is 11.2. The van der Waals surface area contributed by atoms with Gasteiger partial charge in [-0.05, 0) is 12.1 Å². The summed E-state index contributed by atoms with van der Waals surface area (Å²) in [5.41, 5.74) is 0.264. The molecule has 0 spiro atoms. The molecule has 0 amide bonds. The molecule has 45 heavy (non-hydrogen) atoms. The number of aromatic nitrogens is 6. The number of rotatable bonds is 8. The third-order valence-electron chi connectivity index (χ3n) is 8.57. The Kier molecular flexibility index (Phi) is 7.63. The van der Waals surface area contributed by atoms with E-state index >= 15 is 4.39 Å². The zero-order chi connectivity index (χ0) is 31.0. The molecule has 2 fully saturated rings. The number of hydrogen-bond donors (Lipinski definition) is 1. The molecule has 2 aliphatic heterocycles. The number of nitrogens with zero attached hydrogens (tertiary/aromatic N) is 7. The third-order valence-corrected chi connectivity index (χ3v) is 8.57. The Bertz CT molecular complexity index is 1840. The molecule has 0 saturated carbocycles. The van der Waals surface area contributed by atoms with Gasteiger partial charge in [0.2, 0.25) is 0 Å². The Morgan fingerprint density at radius 1 is 1.09 bits per heavy atom. The van der Waals surface area contributed by atoms with Crippen LogP contribution in [0.2, 0.25) is 0 Å². The number of benzene rings is 3. The first-order valence-electron chi connectivity index (χ1n) is 14.8. The highest BCUT2D eigenvalue weighted by Gasteiger charge is 2.47. The van der Waals surface area contributed by atoms with E-state index in [1.165, 1.54) is 29.6 Å². The highest BCUT2D eigenvalue weighted by atomic mass is 19.1. The summed E-state index contributed by atoms with van der Waals surface area (Å²) in [6.45, 7) is 1.96. The molecular weight excluding hydrogens is 582 g/mol. The van der Waals surface area contributed by atoms with Crippen LogP contribution in [0, 0.1) is 11.6 Å². The third kappa shape index (κ3) is 5.27. The van der Waals surface area contributed by atoms with Gasteiger partial charge in [0.15, 0.2) is 5.82 Å². The average molecular weight is 615 g/mol. The van der Waals surface area contributed by atoms with Crippen LogP contribution in [-0.4, -0.2) is 62.6 Å². The van der Waals surface area contributed by atoms with Gasteiger partial charge in [-0.2, -0.15) is 5.10 Å². The van der Waals surface area contributed by atoms with E-state index < -0.39 is 23.3 Å². The van der Waals surface area contributed by atoms with Crippen molar-refractivity contribution in [2.24, 2.45) is 0 Å². The Morgan fingerprint density at radius 2 is 1.91 bits per heavy atom. The minimum Gasteiger partial charge on any atom is -0.496 e. The van der Waals surface area contributed by atoms with Crippen LogP contribution in [0.4, 0.5) is 8.78 Å². The monoisotopic (exact) mass is 614 g/mol. The molecule has 2 aliphatic rings. The van der Waals surface area contributed by atoms with Crippen molar-refractivity contribution in [3.8, 4) is 17.1 Å². The molecule has 11 nitrogen and oxygen atoms in total. The molecule has 2 saturated heterocycles. The van der Waals surface area contributed by atoms with E-state index in [0.717, 1.165) is 22.9 Å². The van der Waals surface area contributed by atoms with E-state index in [0.29, 0.717) is 25.5 Å². The second-order valence-corrected chi connectivity index (χ2v) is 11.2. The maximum absolute atomic E-state index is 15.4. The summed E-state index contributed by atoms with van der Waals surface area (Å²) in [4.78, 5) is 20.0. The van der Waals surface area contributed by atoms with Gasteiger partial charge in [0.1, 0.15) is 35.6 Å². The van der Waals surface area contributed by atoms with Crippen LogP contribution in [0.3, 0.4) is 0 Å². The normalized spacial score (nSPS) is 21.7. The fourth-order valence-electron chi connectivity index (χ4n) is 6.52. The predicted octanol–water partition coefficient (Wildman–Crippen LogP) is 3.43. The molecule has 3 atom stereocenters. The molecule has 1 N–H and O–H groups in total. The molecule has 0 bridgehead atoms. The van der Waals surface area contributed by atoms with Gasteiger partial charge in [0, 0.05) is 48.8 Å². The van der Waals surface area contributed by atoms with Crippen LogP contribution in [0.5, 0.6) is 5.75 Å². The van der Waals surface area contributed by atoms with Crippen molar-refractivity contribution in [2.45, 2.75) is 30.7 Å². The fourth-order valence-corrected chi connectivity index (χ4v) is 6.52. The fraction of sp³-hybridized carbons (Fsp3) is 0.312. The Balaban J connectivity index is 1.33. The number of para-hydroxylation sites is 1. The zero-order valence-corrected chi connectivity index (χ0v) is 24.6. The molecule has 0 radical (unpaired) electrons. The van der Waals surface area contributed by atoms with Gasteiger partial charge < -0.3 is 14.8 Å². The second kappa shape index (κ2) is 11.9. The first-order valence-corrected chi connectivity index (χ1v) is 14.8. The number of piperazine rings is 1. The Hall–Kier alpha value is -4.88. The van der Waals surface area contributed by atoms with Crippen LogP contribution >= 0.6 is 0 Å². The quantitative estimate of drug-likeness (QED) is 0.284. The van der Waals surface area contributed by atoms with Crippen molar-refractivity contribution in [2.75, 3.05) is 38.4 Å². The molecule has 232 valence electrons. The van der Waals surface area contributed by atoms with Crippen LogP contribution in [0.1, 0.15) is 29.6 Å². The predicted molar refractivity (Wildman–Crippen MR) is 161 cm³/mol. The van der Waals surface area contributed by atoms with E-state index in [-0.39, 0.29) is 36.9 Å². The first-order chi connectivity index (χ1) is 22.0. The summed E-state index contributed by atoms with van der Waals surface area (Å²) < 4.78 is 44.6. The number of halogens is 2. The topological polar surface area (TPSA) is 104 Å². The van der Waals surface area contributed by atoms with Gasteiger partial charge in [0.25, 0.3) is 0 Å². The van der Waals surface area contributed by atoms with Gasteiger partial charge in [-0.15, -0.1) is 9.89 Å². The Morgan fingerprint density at radius 3 is 2.69 bits per heavy atom. The summed E-state index contributed by atoms with van der Waals surface area (Å²) >= 11 is 0. The molecule has 2 aromatic heterocycles. The van der Waals surface area contributed by atoms with Gasteiger partial charge in [-0.3, -0.25) is 9.58 Å². The van der Waals surface area contributed by atoms with Gasteiger partial charge in [0.05, 0.1) is 32.3 Å². The first kappa shape index (κ1) is 28.9. The van der Waals surface area contributed by atoms with Crippen molar-refractivity contribution in [3.05, 3.63) is 119 Å². The molecule has 0 aliphatic carbocycles. The van der Waals surface area contributed by atoms with Crippen molar-refractivity contribution < 1.29 is 18.3 Å². The molecule has 13 heteroatoms. The minimum atomic E-state index is -1.25. The molecule has 3 unspecified atom stereocenters. The van der Waals surface area contributed by atoms with E-state index in [2.05, 4.69) is 15.4 Å². The summed E-state index contributed by atoms with van der Waals surface area (Å²) in [5, 5.41) is 14.5.